The van der Waals surface area contributed by atoms with Crippen LogP contribution in [0.2, 0.25) is 10.0 Å². The van der Waals surface area contributed by atoms with Gasteiger partial charge in [0.1, 0.15) is 35.0 Å². The lowest BCUT2D eigenvalue weighted by Crippen LogP contribution is -2.51. The minimum atomic E-state index is -1.16. The Morgan fingerprint density at radius 1 is 1.28 bits per heavy atom. The van der Waals surface area contributed by atoms with E-state index in [1.165, 1.54) is 17.7 Å². The van der Waals surface area contributed by atoms with Crippen LogP contribution in [0.4, 0.5) is 0 Å². The number of ether oxygens (including phenoxy) is 2. The average Bonchev–Trinajstić information content (AvgIpc) is 3.11. The molecule has 1 spiro atoms. The van der Waals surface area contributed by atoms with Gasteiger partial charge in [-0.15, -0.1) is 0 Å². The zero-order valence-corrected chi connectivity index (χ0v) is 19.2. The molecule has 2 aliphatic rings. The number of fused-ring (bicyclic) bond motifs is 1. The summed E-state index contributed by atoms with van der Waals surface area (Å²) in [4.78, 5) is 13.8. The fourth-order valence-electron chi connectivity index (χ4n) is 4.38. The Kier molecular flexibility index (Phi) is 6.72. The van der Waals surface area contributed by atoms with Gasteiger partial charge < -0.3 is 29.9 Å². The maximum absolute atomic E-state index is 11.5. The van der Waals surface area contributed by atoms with E-state index in [-0.39, 0.29) is 40.3 Å². The number of likely N-dealkylation sites (tertiary alicyclic amines) is 1. The van der Waals surface area contributed by atoms with Crippen LogP contribution in [-0.4, -0.2) is 66.0 Å². The molecule has 2 aromatic carbocycles. The number of piperidine rings is 1. The molecule has 0 aromatic heterocycles. The molecular formula is C23H26Cl2N2O5. The Labute approximate surface area is 196 Å². The van der Waals surface area contributed by atoms with Crippen LogP contribution < -0.4 is 14.8 Å². The molecule has 3 N–H and O–H groups in total. The quantitative estimate of drug-likeness (QED) is 0.554. The molecule has 1 fully saturated rings. The summed E-state index contributed by atoms with van der Waals surface area (Å²) < 4.78 is 12.1. The normalized spacial score (nSPS) is 18.2. The molecular weight excluding hydrogens is 455 g/mol. The summed E-state index contributed by atoms with van der Waals surface area (Å²) in [7, 11) is 1.84. The molecule has 2 aromatic rings. The summed E-state index contributed by atoms with van der Waals surface area (Å²) in [5.41, 5.74) is 0.931. The molecule has 4 rings (SSSR count). The number of likely N-dealkylation sites (N-methyl/N-ethyl adjacent to an activating group) is 1. The second-order valence-corrected chi connectivity index (χ2v) is 9.26. The SMILES string of the molecule is CNC(COc1cc(O)c(Cl)cc1C(=O)O)CN1CCC2(CC1)Cc1cc(Cl)ccc1O2. The van der Waals surface area contributed by atoms with Crippen LogP contribution in [0.1, 0.15) is 28.8 Å². The van der Waals surface area contributed by atoms with Gasteiger partial charge in [-0.1, -0.05) is 23.2 Å². The Morgan fingerprint density at radius 3 is 2.72 bits per heavy atom. The van der Waals surface area contributed by atoms with Crippen LogP contribution in [0, 0.1) is 0 Å². The maximum atomic E-state index is 11.5. The Morgan fingerprint density at radius 2 is 2.03 bits per heavy atom. The van der Waals surface area contributed by atoms with E-state index in [4.69, 9.17) is 32.7 Å². The van der Waals surface area contributed by atoms with Gasteiger partial charge in [0.05, 0.1) is 11.1 Å². The second kappa shape index (κ2) is 9.35. The summed E-state index contributed by atoms with van der Waals surface area (Å²) in [6.07, 6.45) is 2.73. The molecule has 32 heavy (non-hydrogen) atoms. The number of carbonyl (C=O) groups is 1. The molecule has 0 bridgehead atoms. The molecule has 0 saturated carbocycles. The number of hydrogen-bond acceptors (Lipinski definition) is 6. The van der Waals surface area contributed by atoms with Gasteiger partial charge in [0.2, 0.25) is 0 Å². The molecule has 0 amide bonds. The summed E-state index contributed by atoms with van der Waals surface area (Å²) in [6, 6.07) is 8.22. The van der Waals surface area contributed by atoms with E-state index in [0.29, 0.717) is 0 Å². The first kappa shape index (κ1) is 23.0. The van der Waals surface area contributed by atoms with E-state index >= 15 is 0 Å². The molecule has 2 aliphatic heterocycles. The number of nitrogens with zero attached hydrogens (tertiary/aromatic N) is 1. The number of hydrogen-bond donors (Lipinski definition) is 3. The summed E-state index contributed by atoms with van der Waals surface area (Å²) in [5, 5.41) is 23.1. The van der Waals surface area contributed by atoms with Crippen LogP contribution >= 0.6 is 23.2 Å². The van der Waals surface area contributed by atoms with E-state index in [2.05, 4.69) is 10.2 Å². The smallest absolute Gasteiger partial charge is 0.339 e. The minimum absolute atomic E-state index is 0.0241. The van der Waals surface area contributed by atoms with Crippen LogP contribution in [0.5, 0.6) is 17.2 Å². The van der Waals surface area contributed by atoms with E-state index < -0.39 is 5.97 Å². The van der Waals surface area contributed by atoms with Crippen molar-refractivity contribution >= 4 is 29.2 Å². The van der Waals surface area contributed by atoms with Gasteiger partial charge in [-0.2, -0.15) is 0 Å². The van der Waals surface area contributed by atoms with Crippen molar-refractivity contribution in [2.75, 3.05) is 33.3 Å². The van der Waals surface area contributed by atoms with Crippen molar-refractivity contribution in [1.29, 1.82) is 0 Å². The summed E-state index contributed by atoms with van der Waals surface area (Å²) >= 11 is 12.0. The number of carboxylic acids is 1. The number of halogens is 2. The van der Waals surface area contributed by atoms with Crippen molar-refractivity contribution in [3.8, 4) is 17.2 Å². The predicted molar refractivity (Wildman–Crippen MR) is 123 cm³/mol. The summed E-state index contributed by atoms with van der Waals surface area (Å²) in [6.45, 7) is 2.78. The van der Waals surface area contributed by atoms with Crippen molar-refractivity contribution in [2.24, 2.45) is 0 Å². The second-order valence-electron chi connectivity index (χ2n) is 8.42. The standard InChI is InChI=1S/C23H26Cl2N2O5/c1-26-16(13-31-21-10-19(28)18(25)9-17(21)22(29)30)12-27-6-4-23(5-7-27)11-14-8-15(24)2-3-20(14)32-23/h2-3,8-10,16,26,28H,4-7,11-13H2,1H3,(H,29,30). The van der Waals surface area contributed by atoms with Crippen molar-refractivity contribution in [3.05, 3.63) is 51.5 Å². The largest absolute Gasteiger partial charge is 0.506 e. The van der Waals surface area contributed by atoms with E-state index in [1.807, 2.05) is 25.2 Å². The third kappa shape index (κ3) is 4.91. The monoisotopic (exact) mass is 480 g/mol. The van der Waals surface area contributed by atoms with Crippen LogP contribution in [-0.2, 0) is 6.42 Å². The van der Waals surface area contributed by atoms with Crippen molar-refractivity contribution in [2.45, 2.75) is 30.9 Å². The van der Waals surface area contributed by atoms with Gasteiger partial charge in [-0.05, 0) is 36.9 Å². The number of benzene rings is 2. The molecule has 1 atom stereocenters. The van der Waals surface area contributed by atoms with Gasteiger partial charge in [0.15, 0.2) is 0 Å². The highest BCUT2D eigenvalue weighted by Gasteiger charge is 2.42. The first-order valence-electron chi connectivity index (χ1n) is 10.5. The maximum Gasteiger partial charge on any atom is 0.339 e. The number of aromatic hydroxyl groups is 1. The van der Waals surface area contributed by atoms with Gasteiger partial charge in [-0.3, -0.25) is 0 Å². The molecule has 7 nitrogen and oxygen atoms in total. The van der Waals surface area contributed by atoms with E-state index in [9.17, 15) is 15.0 Å². The lowest BCUT2D eigenvalue weighted by Gasteiger charge is -2.39. The first-order chi connectivity index (χ1) is 15.3. The first-order valence-corrected chi connectivity index (χ1v) is 11.3. The summed E-state index contributed by atoms with van der Waals surface area (Å²) in [5.74, 6) is -0.353. The van der Waals surface area contributed by atoms with E-state index in [0.717, 1.165) is 49.7 Å². The van der Waals surface area contributed by atoms with Crippen LogP contribution in [0.15, 0.2) is 30.3 Å². The zero-order valence-electron chi connectivity index (χ0n) is 17.7. The third-order valence-corrected chi connectivity index (χ3v) is 6.77. The number of aromatic carboxylic acids is 1. The molecule has 1 unspecified atom stereocenters. The third-order valence-electron chi connectivity index (χ3n) is 6.24. The fraction of sp³-hybridized carbons (Fsp3) is 0.435. The number of rotatable bonds is 7. The zero-order chi connectivity index (χ0) is 22.9. The highest BCUT2D eigenvalue weighted by molar-refractivity contribution is 6.32. The molecule has 0 radical (unpaired) electrons. The van der Waals surface area contributed by atoms with Crippen LogP contribution in [0.25, 0.3) is 0 Å². The lowest BCUT2D eigenvalue weighted by molar-refractivity contribution is 0.0155. The molecule has 2 heterocycles. The molecule has 172 valence electrons. The number of phenolic OH excluding ortho intramolecular Hbond substituents is 1. The highest BCUT2D eigenvalue weighted by Crippen LogP contribution is 2.42. The van der Waals surface area contributed by atoms with Crippen molar-refractivity contribution < 1.29 is 24.5 Å². The number of nitrogens with one attached hydrogen (secondary N) is 1. The van der Waals surface area contributed by atoms with Gasteiger partial charge in [0.25, 0.3) is 0 Å². The van der Waals surface area contributed by atoms with E-state index in [1.54, 1.807) is 0 Å². The topological polar surface area (TPSA) is 91.3 Å². The molecule has 9 heteroatoms. The average molecular weight is 481 g/mol. The Bertz CT molecular complexity index is 1010. The van der Waals surface area contributed by atoms with Crippen molar-refractivity contribution in [3.63, 3.8) is 0 Å². The highest BCUT2D eigenvalue weighted by atomic mass is 35.5. The predicted octanol–water partition coefficient (Wildman–Crippen LogP) is 3.83. The Balaban J connectivity index is 1.32. The van der Waals surface area contributed by atoms with Gasteiger partial charge in [0, 0.05) is 50.0 Å². The molecule has 1 saturated heterocycles. The number of phenols is 1. The van der Waals surface area contributed by atoms with Crippen molar-refractivity contribution in [1.82, 2.24) is 10.2 Å². The van der Waals surface area contributed by atoms with Gasteiger partial charge >= 0.3 is 5.97 Å². The number of carboxylic acid groups (broad SMARTS) is 1. The molecule has 0 aliphatic carbocycles. The van der Waals surface area contributed by atoms with Crippen LogP contribution in [0.3, 0.4) is 0 Å². The lowest BCUT2D eigenvalue weighted by atomic mass is 9.87. The Hall–Kier alpha value is -2.19. The van der Waals surface area contributed by atoms with Gasteiger partial charge in [-0.25, -0.2) is 4.79 Å². The minimum Gasteiger partial charge on any atom is -0.506 e. The fourth-order valence-corrected chi connectivity index (χ4v) is 4.74.